The molecule has 3 heterocycles. The van der Waals surface area contributed by atoms with Gasteiger partial charge >= 0.3 is 19.5 Å². The number of hydrogen-bond acceptors (Lipinski definition) is 9. The van der Waals surface area contributed by atoms with Gasteiger partial charge in [-0.3, -0.25) is 32.7 Å². The molecule has 1 unspecified atom stereocenters. The lowest BCUT2D eigenvalue weighted by Gasteiger charge is -2.29. The van der Waals surface area contributed by atoms with Crippen LogP contribution in [0.2, 0.25) is 0 Å². The van der Waals surface area contributed by atoms with Crippen molar-refractivity contribution in [1.82, 2.24) is 9.55 Å². The highest BCUT2D eigenvalue weighted by Crippen LogP contribution is 2.56. The number of H-pyrrole nitrogens is 1. The Kier molecular flexibility index (Phi) is 6.75. The van der Waals surface area contributed by atoms with Crippen molar-refractivity contribution < 1.29 is 32.4 Å². The van der Waals surface area contributed by atoms with Crippen LogP contribution in [0.5, 0.6) is 0 Å². The Morgan fingerprint density at radius 3 is 2.90 bits per heavy atom. The lowest BCUT2D eigenvalue weighted by molar-refractivity contribution is -0.147. The third-order valence-electron chi connectivity index (χ3n) is 4.79. The summed E-state index contributed by atoms with van der Waals surface area (Å²) in [7, 11) is -3.81. The minimum absolute atomic E-state index is 0.00247. The standard InChI is InChI=1S/C17H25N2O9P/c1-4-24-16(21)10(2)5-6-25-29(23)26-9-13-12(28-29)7-14(27-13)19-8-11(3)15(20)18-17(19)22/h8,10,12-14H,4-7,9H2,1-3H3,(H,18,20,22)/t10-,12-,13?,14+,29+/m1/s1. The van der Waals surface area contributed by atoms with E-state index >= 15 is 0 Å². The van der Waals surface area contributed by atoms with E-state index in [2.05, 4.69) is 4.98 Å². The molecule has 5 atom stereocenters. The Bertz CT molecular complexity index is 911. The quantitative estimate of drug-likeness (QED) is 0.499. The molecule has 0 amide bonds. The van der Waals surface area contributed by atoms with E-state index in [1.807, 2.05) is 0 Å². The van der Waals surface area contributed by atoms with E-state index in [4.69, 9.17) is 23.0 Å². The van der Waals surface area contributed by atoms with Gasteiger partial charge in [0.25, 0.3) is 5.56 Å². The number of nitrogens with zero attached hydrogens (tertiary/aromatic N) is 1. The molecule has 2 aliphatic heterocycles. The van der Waals surface area contributed by atoms with Crippen molar-refractivity contribution in [2.24, 2.45) is 5.92 Å². The number of ether oxygens (including phenoxy) is 2. The van der Waals surface area contributed by atoms with Gasteiger partial charge < -0.3 is 9.47 Å². The molecule has 12 heteroatoms. The van der Waals surface area contributed by atoms with E-state index in [1.54, 1.807) is 20.8 Å². The van der Waals surface area contributed by atoms with Crippen LogP contribution in [-0.2, 0) is 32.4 Å². The zero-order chi connectivity index (χ0) is 21.2. The predicted octanol–water partition coefficient (Wildman–Crippen LogP) is 1.26. The molecule has 1 aromatic heterocycles. The number of carbonyl (C=O) groups excluding carboxylic acids is 1. The summed E-state index contributed by atoms with van der Waals surface area (Å²) in [5.41, 5.74) is -0.696. The number of phosphoric acid groups is 1. The van der Waals surface area contributed by atoms with Gasteiger partial charge in [-0.05, 0) is 20.3 Å². The van der Waals surface area contributed by atoms with Crippen LogP contribution in [0.15, 0.2) is 15.8 Å². The summed E-state index contributed by atoms with van der Waals surface area (Å²) >= 11 is 0. The second kappa shape index (κ2) is 8.93. The van der Waals surface area contributed by atoms with Gasteiger partial charge in [0, 0.05) is 18.2 Å². The average molecular weight is 432 g/mol. The molecule has 0 spiro atoms. The van der Waals surface area contributed by atoms with E-state index in [-0.39, 0.29) is 32.2 Å². The number of aromatic nitrogens is 2. The molecule has 3 rings (SSSR count). The third-order valence-corrected chi connectivity index (χ3v) is 6.28. The first-order chi connectivity index (χ1) is 13.7. The molecule has 11 nitrogen and oxygen atoms in total. The molecular weight excluding hydrogens is 407 g/mol. The minimum Gasteiger partial charge on any atom is -0.466 e. The smallest absolute Gasteiger partial charge is 0.466 e. The van der Waals surface area contributed by atoms with Crippen LogP contribution in [0.3, 0.4) is 0 Å². The molecule has 1 aromatic rings. The third kappa shape index (κ3) is 5.04. The number of nitrogens with one attached hydrogen (secondary N) is 1. The van der Waals surface area contributed by atoms with Gasteiger partial charge in [-0.1, -0.05) is 6.92 Å². The number of carbonyl (C=O) groups is 1. The summed E-state index contributed by atoms with van der Waals surface area (Å²) in [5.74, 6) is -0.762. The molecule has 0 aliphatic carbocycles. The summed E-state index contributed by atoms with van der Waals surface area (Å²) < 4.78 is 40.7. The topological polar surface area (TPSA) is 135 Å². The lowest BCUT2D eigenvalue weighted by Crippen LogP contribution is -2.34. The molecule has 2 saturated heterocycles. The molecule has 162 valence electrons. The molecule has 0 bridgehead atoms. The summed E-state index contributed by atoms with van der Waals surface area (Å²) in [6.45, 7) is 5.25. The van der Waals surface area contributed by atoms with Crippen LogP contribution >= 0.6 is 7.82 Å². The van der Waals surface area contributed by atoms with Crippen molar-refractivity contribution in [3.63, 3.8) is 0 Å². The van der Waals surface area contributed by atoms with E-state index in [1.165, 1.54) is 10.8 Å². The molecule has 29 heavy (non-hydrogen) atoms. The number of esters is 1. The highest BCUT2D eigenvalue weighted by atomic mass is 31.2. The summed E-state index contributed by atoms with van der Waals surface area (Å²) in [4.78, 5) is 37.4. The van der Waals surface area contributed by atoms with Crippen molar-refractivity contribution in [2.75, 3.05) is 19.8 Å². The van der Waals surface area contributed by atoms with E-state index in [9.17, 15) is 18.9 Å². The van der Waals surface area contributed by atoms with Crippen LogP contribution in [0.25, 0.3) is 0 Å². The first kappa shape index (κ1) is 21.9. The Hall–Kier alpha value is -1.78. The molecular formula is C17H25N2O9P. The van der Waals surface area contributed by atoms with Crippen LogP contribution in [-0.4, -0.2) is 47.5 Å². The maximum absolute atomic E-state index is 12.7. The number of aryl methyl sites for hydroxylation is 1. The summed E-state index contributed by atoms with van der Waals surface area (Å²) in [6, 6.07) is 0. The lowest BCUT2D eigenvalue weighted by atomic mass is 10.1. The zero-order valence-electron chi connectivity index (χ0n) is 16.5. The fraction of sp³-hybridized carbons (Fsp3) is 0.706. The Labute approximate surface area is 166 Å². The van der Waals surface area contributed by atoms with Gasteiger partial charge in [-0.25, -0.2) is 9.36 Å². The predicted molar refractivity (Wildman–Crippen MR) is 99.4 cm³/mol. The van der Waals surface area contributed by atoms with Gasteiger partial charge in [-0.15, -0.1) is 0 Å². The highest BCUT2D eigenvalue weighted by molar-refractivity contribution is 7.48. The van der Waals surface area contributed by atoms with Crippen molar-refractivity contribution >= 4 is 13.8 Å². The van der Waals surface area contributed by atoms with Crippen LogP contribution in [0.4, 0.5) is 0 Å². The Balaban J connectivity index is 1.58. The average Bonchev–Trinajstić information content (AvgIpc) is 3.07. The van der Waals surface area contributed by atoms with Crippen LogP contribution in [0.1, 0.15) is 38.5 Å². The van der Waals surface area contributed by atoms with E-state index in [0.29, 0.717) is 12.0 Å². The first-order valence-corrected chi connectivity index (χ1v) is 10.9. The summed E-state index contributed by atoms with van der Waals surface area (Å²) in [5, 5.41) is 0. The van der Waals surface area contributed by atoms with Crippen molar-refractivity contribution in [3.8, 4) is 0 Å². The van der Waals surface area contributed by atoms with E-state index in [0.717, 1.165) is 0 Å². The molecule has 0 aromatic carbocycles. The Morgan fingerprint density at radius 2 is 2.17 bits per heavy atom. The van der Waals surface area contributed by atoms with Crippen LogP contribution in [0, 0.1) is 12.8 Å². The monoisotopic (exact) mass is 432 g/mol. The largest absolute Gasteiger partial charge is 0.475 e. The van der Waals surface area contributed by atoms with Crippen molar-refractivity contribution in [2.45, 2.75) is 52.0 Å². The van der Waals surface area contributed by atoms with Gasteiger partial charge in [0.05, 0.1) is 25.7 Å². The van der Waals surface area contributed by atoms with Gasteiger partial charge in [-0.2, -0.15) is 0 Å². The number of hydrogen-bond donors (Lipinski definition) is 1. The summed E-state index contributed by atoms with van der Waals surface area (Å²) in [6.07, 6.45) is 0.147. The number of aromatic amines is 1. The highest BCUT2D eigenvalue weighted by Gasteiger charge is 2.48. The van der Waals surface area contributed by atoms with Crippen LogP contribution < -0.4 is 11.2 Å². The van der Waals surface area contributed by atoms with Crippen molar-refractivity contribution in [1.29, 1.82) is 0 Å². The van der Waals surface area contributed by atoms with Gasteiger partial charge in [0.15, 0.2) is 0 Å². The second-order valence-electron chi connectivity index (χ2n) is 7.01. The van der Waals surface area contributed by atoms with E-state index < -0.39 is 43.4 Å². The SMILES string of the molecule is CCOC(=O)[C@H](C)CCO[P@@]1(=O)OCC2O[C@H](n3cc(C)c(=O)[nH]c3=O)C[C@H]2O1. The minimum atomic E-state index is -3.81. The Morgan fingerprint density at radius 1 is 1.41 bits per heavy atom. The number of rotatable bonds is 7. The normalized spacial score (nSPS) is 30.0. The molecule has 0 radical (unpaired) electrons. The fourth-order valence-electron chi connectivity index (χ4n) is 3.10. The van der Waals surface area contributed by atoms with Gasteiger partial charge in [0.2, 0.25) is 0 Å². The van der Waals surface area contributed by atoms with Gasteiger partial charge in [0.1, 0.15) is 18.4 Å². The fourth-order valence-corrected chi connectivity index (χ4v) is 4.51. The first-order valence-electron chi connectivity index (χ1n) is 9.44. The molecule has 2 aliphatic rings. The number of phosphoric ester groups is 1. The van der Waals surface area contributed by atoms with Crippen molar-refractivity contribution in [3.05, 3.63) is 32.6 Å². The maximum atomic E-state index is 12.7. The second-order valence-corrected chi connectivity index (χ2v) is 8.63. The molecule has 2 fully saturated rings. The zero-order valence-corrected chi connectivity index (χ0v) is 17.4. The maximum Gasteiger partial charge on any atom is 0.475 e. The molecule has 1 N–H and O–H groups in total. The number of fused-ring (bicyclic) bond motifs is 1. The molecule has 0 saturated carbocycles.